The summed E-state index contributed by atoms with van der Waals surface area (Å²) in [7, 11) is 0. The minimum atomic E-state index is 0.0771. The summed E-state index contributed by atoms with van der Waals surface area (Å²) in [5.41, 5.74) is 7.89. The Morgan fingerprint density at radius 1 is 1.09 bits per heavy atom. The molecular formula is C18H30N4O. The van der Waals surface area contributed by atoms with Gasteiger partial charge in [-0.25, -0.2) is 0 Å². The Bertz CT molecular complexity index is 466. The van der Waals surface area contributed by atoms with Crippen LogP contribution in [0.4, 0.5) is 0 Å². The van der Waals surface area contributed by atoms with E-state index in [1.165, 1.54) is 18.7 Å². The molecule has 1 saturated heterocycles. The van der Waals surface area contributed by atoms with Gasteiger partial charge in [0.2, 0.25) is 5.91 Å². The molecule has 1 heterocycles. The van der Waals surface area contributed by atoms with Gasteiger partial charge in [-0.15, -0.1) is 0 Å². The predicted molar refractivity (Wildman–Crippen MR) is 94.0 cm³/mol. The number of rotatable bonds is 8. The third-order valence-corrected chi connectivity index (χ3v) is 4.44. The second kappa shape index (κ2) is 9.65. The molecule has 3 N–H and O–H groups in total. The van der Waals surface area contributed by atoms with Crippen LogP contribution in [-0.2, 0) is 17.9 Å². The number of carbonyl (C=O) groups is 1. The van der Waals surface area contributed by atoms with Crippen LogP contribution < -0.4 is 11.1 Å². The quantitative estimate of drug-likeness (QED) is 0.755. The summed E-state index contributed by atoms with van der Waals surface area (Å²) in [4.78, 5) is 16.6. The number of hydrogen-bond acceptors (Lipinski definition) is 4. The molecule has 0 aromatic heterocycles. The minimum absolute atomic E-state index is 0.0771. The van der Waals surface area contributed by atoms with Crippen molar-refractivity contribution in [3.05, 3.63) is 35.4 Å². The van der Waals surface area contributed by atoms with Gasteiger partial charge in [-0.1, -0.05) is 31.2 Å². The molecule has 0 radical (unpaired) electrons. The highest BCUT2D eigenvalue weighted by molar-refractivity contribution is 5.75. The number of nitrogens with one attached hydrogen (secondary N) is 1. The number of likely N-dealkylation sites (N-methyl/N-ethyl adjacent to an activating group) is 1. The molecule has 1 aromatic rings. The van der Waals surface area contributed by atoms with E-state index in [0.717, 1.165) is 38.2 Å². The van der Waals surface area contributed by atoms with Crippen molar-refractivity contribution in [1.29, 1.82) is 0 Å². The van der Waals surface area contributed by atoms with Crippen molar-refractivity contribution in [3.8, 4) is 0 Å². The van der Waals surface area contributed by atoms with Crippen LogP contribution in [0.5, 0.6) is 0 Å². The number of hydrogen-bond donors (Lipinski definition) is 2. The molecule has 0 spiro atoms. The van der Waals surface area contributed by atoms with Gasteiger partial charge in [-0.3, -0.25) is 9.69 Å². The Morgan fingerprint density at radius 3 is 2.30 bits per heavy atom. The average Bonchev–Trinajstić information content (AvgIpc) is 2.60. The van der Waals surface area contributed by atoms with Crippen LogP contribution in [0.2, 0.25) is 0 Å². The molecule has 0 unspecified atom stereocenters. The van der Waals surface area contributed by atoms with Gasteiger partial charge in [0.25, 0.3) is 0 Å². The Balaban J connectivity index is 1.73. The minimum Gasteiger partial charge on any atom is -0.352 e. The third-order valence-electron chi connectivity index (χ3n) is 4.44. The summed E-state index contributed by atoms with van der Waals surface area (Å²) in [6.07, 6.45) is 1.26. The van der Waals surface area contributed by atoms with Gasteiger partial charge in [-0.05, 0) is 30.6 Å². The molecule has 1 aliphatic heterocycles. The normalized spacial score (nSPS) is 16.4. The third kappa shape index (κ3) is 6.29. The Labute approximate surface area is 139 Å². The highest BCUT2D eigenvalue weighted by atomic mass is 16.1. The monoisotopic (exact) mass is 318 g/mol. The average molecular weight is 318 g/mol. The first-order chi connectivity index (χ1) is 11.2. The van der Waals surface area contributed by atoms with E-state index in [9.17, 15) is 4.79 Å². The number of nitrogens with two attached hydrogens (primary N) is 1. The molecule has 23 heavy (non-hydrogen) atoms. The molecule has 5 nitrogen and oxygen atoms in total. The van der Waals surface area contributed by atoms with E-state index in [1.54, 1.807) is 0 Å². The summed E-state index contributed by atoms with van der Waals surface area (Å²) < 4.78 is 0. The van der Waals surface area contributed by atoms with E-state index in [-0.39, 0.29) is 5.91 Å². The standard InChI is InChI=1S/C18H30N4O/c1-2-21-10-12-22(13-11-21)15-17-7-5-16(6-8-17)14-20-18(23)4-3-9-19/h5-8H,2-4,9-15,19H2,1H3,(H,20,23). The maximum absolute atomic E-state index is 11.6. The van der Waals surface area contributed by atoms with Gasteiger partial charge in [0.05, 0.1) is 0 Å². The van der Waals surface area contributed by atoms with Crippen molar-refractivity contribution in [1.82, 2.24) is 15.1 Å². The molecule has 1 aromatic carbocycles. The molecule has 1 fully saturated rings. The van der Waals surface area contributed by atoms with Crippen molar-refractivity contribution in [3.63, 3.8) is 0 Å². The molecule has 0 bridgehead atoms. The molecule has 128 valence electrons. The van der Waals surface area contributed by atoms with Crippen molar-refractivity contribution in [2.24, 2.45) is 5.73 Å². The van der Waals surface area contributed by atoms with Crippen LogP contribution in [-0.4, -0.2) is 55.0 Å². The molecule has 0 saturated carbocycles. The molecule has 1 aliphatic rings. The van der Waals surface area contributed by atoms with Gasteiger partial charge in [0.15, 0.2) is 0 Å². The van der Waals surface area contributed by atoms with Crippen LogP contribution >= 0.6 is 0 Å². The number of amides is 1. The van der Waals surface area contributed by atoms with Crippen molar-refractivity contribution in [2.75, 3.05) is 39.3 Å². The smallest absolute Gasteiger partial charge is 0.220 e. The maximum atomic E-state index is 11.6. The molecule has 1 amide bonds. The van der Waals surface area contributed by atoms with E-state index < -0.39 is 0 Å². The lowest BCUT2D eigenvalue weighted by Crippen LogP contribution is -2.45. The second-order valence-corrected chi connectivity index (χ2v) is 6.20. The van der Waals surface area contributed by atoms with E-state index in [2.05, 4.69) is 46.3 Å². The number of benzene rings is 1. The van der Waals surface area contributed by atoms with Crippen LogP contribution in [0.3, 0.4) is 0 Å². The van der Waals surface area contributed by atoms with Gasteiger partial charge < -0.3 is 16.0 Å². The fourth-order valence-corrected chi connectivity index (χ4v) is 2.84. The highest BCUT2D eigenvalue weighted by Gasteiger charge is 2.15. The first-order valence-corrected chi connectivity index (χ1v) is 8.70. The maximum Gasteiger partial charge on any atom is 0.220 e. The SMILES string of the molecule is CCN1CCN(Cc2ccc(CNC(=O)CCCN)cc2)CC1. The summed E-state index contributed by atoms with van der Waals surface area (Å²) >= 11 is 0. The largest absolute Gasteiger partial charge is 0.352 e. The van der Waals surface area contributed by atoms with E-state index in [0.29, 0.717) is 19.5 Å². The van der Waals surface area contributed by atoms with Crippen molar-refractivity contribution in [2.45, 2.75) is 32.9 Å². The van der Waals surface area contributed by atoms with Crippen LogP contribution in [0.25, 0.3) is 0 Å². The first kappa shape index (κ1) is 17.9. The van der Waals surface area contributed by atoms with Gasteiger partial charge >= 0.3 is 0 Å². The first-order valence-electron chi connectivity index (χ1n) is 8.70. The molecule has 2 rings (SSSR count). The van der Waals surface area contributed by atoms with E-state index in [1.807, 2.05) is 0 Å². The lowest BCUT2D eigenvalue weighted by atomic mass is 10.1. The van der Waals surface area contributed by atoms with Crippen molar-refractivity contribution >= 4 is 5.91 Å². The highest BCUT2D eigenvalue weighted by Crippen LogP contribution is 2.10. The zero-order chi connectivity index (χ0) is 16.5. The fourth-order valence-electron chi connectivity index (χ4n) is 2.84. The van der Waals surface area contributed by atoms with Gasteiger partial charge in [0.1, 0.15) is 0 Å². The van der Waals surface area contributed by atoms with Crippen molar-refractivity contribution < 1.29 is 4.79 Å². The summed E-state index contributed by atoms with van der Waals surface area (Å²) in [5, 5.41) is 2.94. The molecular weight excluding hydrogens is 288 g/mol. The zero-order valence-electron chi connectivity index (χ0n) is 14.3. The zero-order valence-corrected chi connectivity index (χ0v) is 14.3. The number of nitrogens with zero attached hydrogens (tertiary/aromatic N) is 2. The lowest BCUT2D eigenvalue weighted by Gasteiger charge is -2.34. The molecule has 5 heteroatoms. The fraction of sp³-hybridized carbons (Fsp3) is 0.611. The summed E-state index contributed by atoms with van der Waals surface area (Å²) in [6, 6.07) is 8.57. The Kier molecular flexibility index (Phi) is 7.52. The summed E-state index contributed by atoms with van der Waals surface area (Å²) in [6.45, 7) is 10.2. The van der Waals surface area contributed by atoms with E-state index >= 15 is 0 Å². The predicted octanol–water partition coefficient (Wildman–Crippen LogP) is 1.18. The lowest BCUT2D eigenvalue weighted by molar-refractivity contribution is -0.121. The van der Waals surface area contributed by atoms with Gasteiger partial charge in [0, 0.05) is 45.7 Å². The Morgan fingerprint density at radius 2 is 1.70 bits per heavy atom. The number of carbonyl (C=O) groups excluding carboxylic acids is 1. The Hall–Kier alpha value is -1.43. The van der Waals surface area contributed by atoms with Crippen LogP contribution in [0.15, 0.2) is 24.3 Å². The topological polar surface area (TPSA) is 61.6 Å². The van der Waals surface area contributed by atoms with Gasteiger partial charge in [-0.2, -0.15) is 0 Å². The van der Waals surface area contributed by atoms with Crippen LogP contribution in [0.1, 0.15) is 30.9 Å². The number of piperazine rings is 1. The molecule has 0 aliphatic carbocycles. The van der Waals surface area contributed by atoms with Crippen LogP contribution in [0, 0.1) is 0 Å². The second-order valence-electron chi connectivity index (χ2n) is 6.20. The summed E-state index contributed by atoms with van der Waals surface area (Å²) in [5.74, 6) is 0.0771. The molecule has 0 atom stereocenters. The van der Waals surface area contributed by atoms with E-state index in [4.69, 9.17) is 5.73 Å².